The SMILES string of the molecule is CC(C)(N)C[C@@H](c1ccc(O)cc1)C1(O)CCCCC1. The quantitative estimate of drug-likeness (QED) is 0.791. The molecule has 3 nitrogen and oxygen atoms in total. The first-order valence-electron chi connectivity index (χ1n) is 7.60. The van der Waals surface area contributed by atoms with Crippen molar-refractivity contribution in [3.8, 4) is 5.75 Å². The number of phenols is 1. The molecule has 0 radical (unpaired) electrons. The molecule has 0 heterocycles. The Labute approximate surface area is 121 Å². The van der Waals surface area contributed by atoms with E-state index >= 15 is 0 Å². The molecule has 0 saturated heterocycles. The van der Waals surface area contributed by atoms with Gasteiger partial charge in [0.25, 0.3) is 0 Å². The second-order valence-corrected chi connectivity index (χ2v) is 7.00. The highest BCUT2D eigenvalue weighted by Gasteiger charge is 2.40. The van der Waals surface area contributed by atoms with Gasteiger partial charge in [0.05, 0.1) is 5.60 Å². The largest absolute Gasteiger partial charge is 0.508 e. The molecule has 2 rings (SSSR count). The van der Waals surface area contributed by atoms with Gasteiger partial charge >= 0.3 is 0 Å². The minimum atomic E-state index is -0.661. The molecule has 112 valence electrons. The van der Waals surface area contributed by atoms with Crippen molar-refractivity contribution in [3.05, 3.63) is 29.8 Å². The number of aromatic hydroxyl groups is 1. The Morgan fingerprint density at radius 2 is 1.70 bits per heavy atom. The first kappa shape index (κ1) is 15.3. The zero-order valence-corrected chi connectivity index (χ0v) is 12.6. The van der Waals surface area contributed by atoms with Crippen molar-refractivity contribution in [2.45, 2.75) is 69.4 Å². The van der Waals surface area contributed by atoms with Crippen LogP contribution in [0.25, 0.3) is 0 Å². The zero-order chi connectivity index (χ0) is 14.8. The second-order valence-electron chi connectivity index (χ2n) is 7.00. The first-order valence-corrected chi connectivity index (χ1v) is 7.60. The second kappa shape index (κ2) is 5.74. The Hall–Kier alpha value is -1.06. The Morgan fingerprint density at radius 1 is 1.15 bits per heavy atom. The van der Waals surface area contributed by atoms with Crippen LogP contribution >= 0.6 is 0 Å². The summed E-state index contributed by atoms with van der Waals surface area (Å²) >= 11 is 0. The summed E-state index contributed by atoms with van der Waals surface area (Å²) in [5.41, 5.74) is 6.30. The highest BCUT2D eigenvalue weighted by Crippen LogP contribution is 2.43. The third-order valence-electron chi connectivity index (χ3n) is 4.39. The van der Waals surface area contributed by atoms with Gasteiger partial charge in [-0.15, -0.1) is 0 Å². The average molecular weight is 277 g/mol. The average Bonchev–Trinajstić information content (AvgIpc) is 2.37. The predicted molar refractivity (Wildman–Crippen MR) is 81.8 cm³/mol. The monoisotopic (exact) mass is 277 g/mol. The summed E-state index contributed by atoms with van der Waals surface area (Å²) in [6.45, 7) is 4.01. The molecule has 3 heteroatoms. The third-order valence-corrected chi connectivity index (χ3v) is 4.39. The van der Waals surface area contributed by atoms with Gasteiger partial charge in [-0.1, -0.05) is 31.4 Å². The first-order chi connectivity index (χ1) is 9.30. The van der Waals surface area contributed by atoms with Crippen molar-refractivity contribution >= 4 is 0 Å². The summed E-state index contributed by atoms with van der Waals surface area (Å²) in [5, 5.41) is 20.6. The fraction of sp³-hybridized carbons (Fsp3) is 0.647. The fourth-order valence-corrected chi connectivity index (χ4v) is 3.36. The van der Waals surface area contributed by atoms with Crippen LogP contribution in [0.15, 0.2) is 24.3 Å². The summed E-state index contributed by atoms with van der Waals surface area (Å²) < 4.78 is 0. The van der Waals surface area contributed by atoms with Gasteiger partial charge in [-0.3, -0.25) is 0 Å². The van der Waals surface area contributed by atoms with Crippen LogP contribution in [0.1, 0.15) is 63.9 Å². The lowest BCUT2D eigenvalue weighted by molar-refractivity contribution is -0.0286. The van der Waals surface area contributed by atoms with Crippen LogP contribution in [-0.2, 0) is 0 Å². The van der Waals surface area contributed by atoms with E-state index < -0.39 is 5.60 Å². The van der Waals surface area contributed by atoms with Gasteiger partial charge in [0.2, 0.25) is 0 Å². The van der Waals surface area contributed by atoms with Crippen molar-refractivity contribution < 1.29 is 10.2 Å². The number of nitrogens with two attached hydrogens (primary N) is 1. The molecule has 1 saturated carbocycles. The summed E-state index contributed by atoms with van der Waals surface area (Å²) in [5.74, 6) is 0.290. The summed E-state index contributed by atoms with van der Waals surface area (Å²) in [6.07, 6.45) is 5.79. The van der Waals surface area contributed by atoms with Crippen molar-refractivity contribution in [1.29, 1.82) is 0 Å². The van der Waals surface area contributed by atoms with E-state index in [1.165, 1.54) is 6.42 Å². The fourth-order valence-electron chi connectivity index (χ4n) is 3.36. The van der Waals surface area contributed by atoms with E-state index in [1.54, 1.807) is 12.1 Å². The molecule has 0 aliphatic heterocycles. The normalized spacial score (nSPS) is 20.6. The number of aliphatic hydroxyl groups is 1. The van der Waals surface area contributed by atoms with E-state index in [1.807, 2.05) is 26.0 Å². The highest BCUT2D eigenvalue weighted by atomic mass is 16.3. The number of phenolic OH excluding ortho intramolecular Hbond substituents is 1. The molecule has 1 aromatic carbocycles. The maximum Gasteiger partial charge on any atom is 0.115 e. The molecule has 0 unspecified atom stereocenters. The molecule has 0 aromatic heterocycles. The van der Waals surface area contributed by atoms with E-state index in [0.29, 0.717) is 0 Å². The molecule has 20 heavy (non-hydrogen) atoms. The van der Waals surface area contributed by atoms with Crippen molar-refractivity contribution in [3.63, 3.8) is 0 Å². The van der Waals surface area contributed by atoms with Gasteiger partial charge in [0.1, 0.15) is 5.75 Å². The van der Waals surface area contributed by atoms with Crippen LogP contribution in [0.5, 0.6) is 5.75 Å². The third kappa shape index (κ3) is 3.74. The van der Waals surface area contributed by atoms with E-state index in [0.717, 1.165) is 37.7 Å². The van der Waals surface area contributed by atoms with E-state index in [-0.39, 0.29) is 17.2 Å². The minimum absolute atomic E-state index is 0.0309. The molecule has 1 fully saturated rings. The van der Waals surface area contributed by atoms with Gasteiger partial charge < -0.3 is 15.9 Å². The van der Waals surface area contributed by atoms with Crippen molar-refractivity contribution in [2.75, 3.05) is 0 Å². The lowest BCUT2D eigenvalue weighted by Crippen LogP contribution is -2.44. The summed E-state index contributed by atoms with van der Waals surface area (Å²) in [6, 6.07) is 7.21. The Kier molecular flexibility index (Phi) is 4.40. The highest BCUT2D eigenvalue weighted by molar-refractivity contribution is 5.30. The molecule has 0 bridgehead atoms. The number of rotatable bonds is 4. The van der Waals surface area contributed by atoms with Gasteiger partial charge in [-0.25, -0.2) is 0 Å². The molecule has 1 aliphatic carbocycles. The molecular weight excluding hydrogens is 250 g/mol. The van der Waals surface area contributed by atoms with E-state index in [9.17, 15) is 10.2 Å². The maximum absolute atomic E-state index is 11.1. The standard InChI is InChI=1S/C17H27NO2/c1-16(2,18)12-15(13-6-8-14(19)9-7-13)17(20)10-4-3-5-11-17/h6-9,15,19-20H,3-5,10-12,18H2,1-2H3/t15-/m0/s1. The molecule has 1 aliphatic rings. The van der Waals surface area contributed by atoms with Gasteiger partial charge in [0, 0.05) is 11.5 Å². The Morgan fingerprint density at radius 3 is 2.20 bits per heavy atom. The number of hydrogen-bond donors (Lipinski definition) is 3. The van der Waals surface area contributed by atoms with Crippen LogP contribution in [0.2, 0.25) is 0 Å². The Balaban J connectivity index is 2.31. The maximum atomic E-state index is 11.1. The Bertz CT molecular complexity index is 427. The van der Waals surface area contributed by atoms with E-state index in [4.69, 9.17) is 5.73 Å². The molecular formula is C17H27NO2. The topological polar surface area (TPSA) is 66.5 Å². The minimum Gasteiger partial charge on any atom is -0.508 e. The zero-order valence-electron chi connectivity index (χ0n) is 12.6. The summed E-state index contributed by atoms with van der Waals surface area (Å²) in [4.78, 5) is 0. The lowest BCUT2D eigenvalue weighted by Gasteiger charge is -2.42. The van der Waals surface area contributed by atoms with Crippen molar-refractivity contribution in [2.24, 2.45) is 5.73 Å². The predicted octanol–water partition coefficient (Wildman–Crippen LogP) is 3.30. The number of benzene rings is 1. The van der Waals surface area contributed by atoms with Crippen LogP contribution < -0.4 is 5.73 Å². The van der Waals surface area contributed by atoms with Crippen LogP contribution in [-0.4, -0.2) is 21.4 Å². The number of hydrogen-bond acceptors (Lipinski definition) is 3. The van der Waals surface area contributed by atoms with Crippen LogP contribution in [0.3, 0.4) is 0 Å². The van der Waals surface area contributed by atoms with Gasteiger partial charge in [-0.05, 0) is 50.8 Å². The summed E-state index contributed by atoms with van der Waals surface area (Å²) in [7, 11) is 0. The lowest BCUT2D eigenvalue weighted by atomic mass is 9.69. The van der Waals surface area contributed by atoms with Crippen LogP contribution in [0.4, 0.5) is 0 Å². The molecule has 0 spiro atoms. The smallest absolute Gasteiger partial charge is 0.115 e. The van der Waals surface area contributed by atoms with Gasteiger partial charge in [0.15, 0.2) is 0 Å². The molecule has 1 aromatic rings. The van der Waals surface area contributed by atoms with Crippen molar-refractivity contribution in [1.82, 2.24) is 0 Å². The molecule has 4 N–H and O–H groups in total. The molecule has 1 atom stereocenters. The van der Waals surface area contributed by atoms with E-state index in [2.05, 4.69) is 0 Å². The van der Waals surface area contributed by atoms with Crippen LogP contribution in [0, 0.1) is 0 Å². The molecule has 0 amide bonds. The van der Waals surface area contributed by atoms with Gasteiger partial charge in [-0.2, -0.15) is 0 Å².